The maximum absolute atomic E-state index is 12.9. The summed E-state index contributed by atoms with van der Waals surface area (Å²) in [4.78, 5) is 74.4. The van der Waals surface area contributed by atoms with Crippen molar-refractivity contribution in [3.63, 3.8) is 0 Å². The van der Waals surface area contributed by atoms with Crippen molar-refractivity contribution < 1.29 is 88.2 Å². The predicted molar refractivity (Wildman–Crippen MR) is 231 cm³/mol. The maximum atomic E-state index is 12.9. The Hall–Kier alpha value is -3.66. The van der Waals surface area contributed by atoms with Crippen LogP contribution >= 0.6 is 0 Å². The van der Waals surface area contributed by atoms with Gasteiger partial charge in [0.1, 0.15) is 48.7 Å². The lowest BCUT2D eigenvalue weighted by Gasteiger charge is -2.42. The van der Waals surface area contributed by atoms with Crippen molar-refractivity contribution in [2.75, 3.05) is 66.4 Å². The van der Waals surface area contributed by atoms with Crippen molar-refractivity contribution in [1.82, 2.24) is 31.9 Å². The average Bonchev–Trinajstić information content (AvgIpc) is 3.27. The highest BCUT2D eigenvalue weighted by molar-refractivity contribution is 5.85. The summed E-state index contributed by atoms with van der Waals surface area (Å²) in [5.74, 6) is -2.62. The van der Waals surface area contributed by atoms with E-state index in [1.807, 2.05) is 0 Å². The molecular formula is C42H76N6O18. The lowest BCUT2D eigenvalue weighted by atomic mass is 9.97. The molecule has 0 aromatic carbocycles. The summed E-state index contributed by atoms with van der Waals surface area (Å²) in [6, 6.07) is -2.88. The van der Waals surface area contributed by atoms with Gasteiger partial charge in [-0.2, -0.15) is 0 Å². The third-order valence-corrected chi connectivity index (χ3v) is 11.0. The summed E-state index contributed by atoms with van der Waals surface area (Å²) in [5.41, 5.74) is 0. The van der Waals surface area contributed by atoms with Crippen molar-refractivity contribution in [3.8, 4) is 0 Å². The van der Waals surface area contributed by atoms with Crippen LogP contribution in [-0.4, -0.2) is 205 Å². The Balaban J connectivity index is 1.80. The molecule has 12 atom stereocenters. The summed E-state index contributed by atoms with van der Waals surface area (Å²) < 4.78 is 27.5. The molecule has 0 bridgehead atoms. The number of methoxy groups -OCH3 is 1. The Bertz CT molecular complexity index is 1450. The zero-order chi connectivity index (χ0) is 49.0. The van der Waals surface area contributed by atoms with Crippen LogP contribution in [0.1, 0.15) is 90.9 Å². The van der Waals surface area contributed by atoms with E-state index < -0.39 is 104 Å². The highest BCUT2D eigenvalue weighted by Crippen LogP contribution is 2.24. The van der Waals surface area contributed by atoms with Gasteiger partial charge in [0.05, 0.1) is 26.4 Å². The third kappa shape index (κ3) is 22.4. The minimum absolute atomic E-state index is 0.000538. The van der Waals surface area contributed by atoms with E-state index in [1.165, 1.54) is 13.8 Å². The standard InChI is InChI=1S/C42H76N6O18/c1-25(52)46-35-39(60)37(58)29(22-50)65-41(35)63-17-9-4-7-15-43-32(55)14-13-28(19-33(56)44-16-8-5-11-27(21-49)24-62-3)48-34(57)20-45-31(54)12-6-10-18-64-42-36(47-26(2)53)40(61)38(59)30(23-51)66-42/h27-30,35-42,49-51,58-61H,4-24H2,1-3H3,(H,43,55)(H,44,56)(H,45,54)(H,46,52)(H,47,53)(H,48,57)/t27?,28-,29?,30?,35?,36?,37-,38-,39+,40+,41+,42+/m0/s1. The first-order valence-corrected chi connectivity index (χ1v) is 22.8. The molecule has 13 N–H and O–H groups in total. The van der Waals surface area contributed by atoms with Crippen LogP contribution in [0.4, 0.5) is 0 Å². The number of amides is 6. The van der Waals surface area contributed by atoms with E-state index in [-0.39, 0.29) is 69.8 Å². The zero-order valence-corrected chi connectivity index (χ0v) is 38.4. The number of rotatable bonds is 33. The number of nitrogens with one attached hydrogen (secondary N) is 6. The molecule has 6 amide bonds. The van der Waals surface area contributed by atoms with Crippen LogP contribution in [0.15, 0.2) is 0 Å². The number of hydrogen-bond acceptors (Lipinski definition) is 18. The number of hydrogen-bond donors (Lipinski definition) is 13. The molecule has 0 radical (unpaired) electrons. The summed E-state index contributed by atoms with van der Waals surface area (Å²) >= 11 is 0. The molecule has 0 aliphatic carbocycles. The molecule has 2 aliphatic rings. The number of carbonyl (C=O) groups excluding carboxylic acids is 6. The first kappa shape index (κ1) is 58.5. The second kappa shape index (κ2) is 32.9. The minimum atomic E-state index is -1.46. The van der Waals surface area contributed by atoms with E-state index in [2.05, 4.69) is 31.9 Å². The normalized spacial score (nSPS) is 26.1. The van der Waals surface area contributed by atoms with Crippen molar-refractivity contribution in [2.45, 2.75) is 158 Å². The van der Waals surface area contributed by atoms with Crippen molar-refractivity contribution in [2.24, 2.45) is 5.92 Å². The largest absolute Gasteiger partial charge is 0.396 e. The fraction of sp³-hybridized carbons (Fsp3) is 0.857. The molecule has 0 aromatic heterocycles. The molecule has 5 unspecified atom stereocenters. The third-order valence-electron chi connectivity index (χ3n) is 11.0. The van der Waals surface area contributed by atoms with E-state index >= 15 is 0 Å². The Labute approximate surface area is 385 Å². The van der Waals surface area contributed by atoms with Gasteiger partial charge in [-0.05, 0) is 51.4 Å². The van der Waals surface area contributed by atoms with Crippen LogP contribution in [-0.2, 0) is 52.5 Å². The quantitative estimate of drug-likeness (QED) is 0.0277. The molecule has 0 aromatic rings. The summed E-state index contributed by atoms with van der Waals surface area (Å²) in [6.45, 7) is 2.25. The summed E-state index contributed by atoms with van der Waals surface area (Å²) in [7, 11) is 1.56. The van der Waals surface area contributed by atoms with E-state index in [0.717, 1.165) is 12.8 Å². The highest BCUT2D eigenvalue weighted by Gasteiger charge is 2.46. The molecule has 2 fully saturated rings. The van der Waals surface area contributed by atoms with Crippen LogP contribution in [0.5, 0.6) is 0 Å². The van der Waals surface area contributed by atoms with E-state index in [4.69, 9.17) is 23.7 Å². The zero-order valence-electron chi connectivity index (χ0n) is 38.4. The molecule has 2 heterocycles. The molecule has 382 valence electrons. The van der Waals surface area contributed by atoms with Gasteiger partial charge >= 0.3 is 0 Å². The number of aliphatic hydroxyl groups excluding tert-OH is 7. The average molecular weight is 953 g/mol. The highest BCUT2D eigenvalue weighted by atomic mass is 16.7. The molecule has 24 nitrogen and oxygen atoms in total. The van der Waals surface area contributed by atoms with Gasteiger partial charge in [-0.25, -0.2) is 0 Å². The van der Waals surface area contributed by atoms with Gasteiger partial charge in [-0.1, -0.05) is 6.42 Å². The molecular weight excluding hydrogens is 876 g/mol. The van der Waals surface area contributed by atoms with E-state index in [1.54, 1.807) is 7.11 Å². The lowest BCUT2D eigenvalue weighted by Crippen LogP contribution is -2.64. The summed E-state index contributed by atoms with van der Waals surface area (Å²) in [5, 5.41) is 85.5. The van der Waals surface area contributed by atoms with Crippen LogP contribution < -0.4 is 31.9 Å². The summed E-state index contributed by atoms with van der Waals surface area (Å²) in [6.07, 6.45) is -5.73. The van der Waals surface area contributed by atoms with Gasteiger partial charge in [0, 0.05) is 85.1 Å². The van der Waals surface area contributed by atoms with E-state index in [9.17, 15) is 64.5 Å². The molecule has 0 spiro atoms. The van der Waals surface area contributed by atoms with Gasteiger partial charge in [0.25, 0.3) is 0 Å². The maximum Gasteiger partial charge on any atom is 0.239 e. The fourth-order valence-corrected chi connectivity index (χ4v) is 7.35. The van der Waals surface area contributed by atoms with Gasteiger partial charge in [-0.15, -0.1) is 0 Å². The van der Waals surface area contributed by atoms with Crippen LogP contribution in [0.3, 0.4) is 0 Å². The first-order valence-electron chi connectivity index (χ1n) is 22.8. The lowest BCUT2D eigenvalue weighted by molar-refractivity contribution is -0.270. The monoisotopic (exact) mass is 953 g/mol. The molecule has 0 saturated carbocycles. The molecule has 2 aliphatic heterocycles. The molecule has 2 rings (SSSR count). The number of ether oxygens (including phenoxy) is 5. The van der Waals surface area contributed by atoms with Crippen molar-refractivity contribution in [3.05, 3.63) is 0 Å². The van der Waals surface area contributed by atoms with E-state index in [0.29, 0.717) is 58.2 Å². The second-order valence-corrected chi connectivity index (χ2v) is 16.6. The predicted octanol–water partition coefficient (Wildman–Crippen LogP) is -4.32. The molecule has 66 heavy (non-hydrogen) atoms. The van der Waals surface area contributed by atoms with Gasteiger partial charge in [0.2, 0.25) is 35.4 Å². The first-order chi connectivity index (χ1) is 31.5. The van der Waals surface area contributed by atoms with Crippen LogP contribution in [0.25, 0.3) is 0 Å². The molecule has 2 saturated heterocycles. The van der Waals surface area contributed by atoms with Gasteiger partial charge in [-0.3, -0.25) is 28.8 Å². The van der Waals surface area contributed by atoms with Gasteiger partial charge in [0.15, 0.2) is 12.6 Å². The number of aliphatic hydroxyl groups is 7. The van der Waals surface area contributed by atoms with Crippen molar-refractivity contribution >= 4 is 35.4 Å². The van der Waals surface area contributed by atoms with Gasteiger partial charge < -0.3 is 91.3 Å². The number of unbranched alkanes of at least 4 members (excludes halogenated alkanes) is 4. The number of carbonyl (C=O) groups is 6. The van der Waals surface area contributed by atoms with Crippen LogP contribution in [0, 0.1) is 5.92 Å². The Morgan fingerprint density at radius 2 is 1.11 bits per heavy atom. The van der Waals surface area contributed by atoms with Crippen LogP contribution in [0.2, 0.25) is 0 Å². The Kier molecular flexibility index (Phi) is 29.2. The Morgan fingerprint density at radius 1 is 0.591 bits per heavy atom. The molecule has 24 heteroatoms. The topological polar surface area (TPSA) is 362 Å². The Morgan fingerprint density at radius 3 is 1.62 bits per heavy atom. The van der Waals surface area contributed by atoms with Crippen molar-refractivity contribution in [1.29, 1.82) is 0 Å². The SMILES string of the molecule is COCC(CO)CCCCNC(=O)C[C@H](CCC(=O)NCCCCCO[C@@H]1OC(CO)[C@H](O)[C@H](O)C1NC(C)=O)NC(=O)CNC(=O)CCCCO[C@@H]1OC(CO)[C@H](O)[C@H](O)C1NC(C)=O. The smallest absolute Gasteiger partial charge is 0.239 e. The second-order valence-electron chi connectivity index (χ2n) is 16.6. The minimum Gasteiger partial charge on any atom is -0.396 e. The fourth-order valence-electron chi connectivity index (χ4n) is 7.35.